The molecule has 1 aromatic heterocycles. The predicted octanol–water partition coefficient (Wildman–Crippen LogP) is 6.95. The van der Waals surface area contributed by atoms with Gasteiger partial charge >= 0.3 is 12.1 Å². The normalized spacial score (nSPS) is 11.4. The molecule has 0 bridgehead atoms. The molecule has 37 heavy (non-hydrogen) atoms. The standard InChI is InChI=1S/C25H15ClF3NO7/c1-2-13-3-6-15(7-4-13)35-22-21(31)17-9-8-16(12-20(17)37-23(22)25(27,28)29)36-24(32)18-11-14(30(33)34)5-10-19(18)26/h3-12H,2H2,1H3. The Balaban J connectivity index is 1.73. The lowest BCUT2D eigenvalue weighted by Crippen LogP contribution is -2.15. The summed E-state index contributed by atoms with van der Waals surface area (Å²) in [5.74, 6) is -4.11. The van der Waals surface area contributed by atoms with Gasteiger partial charge in [-0.25, -0.2) is 4.79 Å². The molecule has 190 valence electrons. The SMILES string of the molecule is CCc1ccc(Oc2c(C(F)(F)F)oc3cc(OC(=O)c4cc([N+](=O)[O-])ccc4Cl)ccc3c2=O)cc1. The van der Waals surface area contributed by atoms with Crippen LogP contribution < -0.4 is 14.9 Å². The van der Waals surface area contributed by atoms with Gasteiger partial charge in [-0.3, -0.25) is 14.9 Å². The van der Waals surface area contributed by atoms with Crippen LogP contribution >= 0.6 is 11.6 Å². The molecule has 0 saturated heterocycles. The zero-order valence-corrected chi connectivity index (χ0v) is 19.6. The number of halogens is 4. The van der Waals surface area contributed by atoms with Crippen molar-refractivity contribution in [3.8, 4) is 17.2 Å². The Morgan fingerprint density at radius 3 is 2.35 bits per heavy atom. The highest BCUT2D eigenvalue weighted by atomic mass is 35.5. The molecule has 0 fully saturated rings. The number of rotatable bonds is 6. The minimum absolute atomic E-state index is 0.00809. The number of benzene rings is 3. The molecule has 0 atom stereocenters. The summed E-state index contributed by atoms with van der Waals surface area (Å²) in [7, 11) is 0. The van der Waals surface area contributed by atoms with Gasteiger partial charge in [-0.2, -0.15) is 13.2 Å². The highest BCUT2D eigenvalue weighted by molar-refractivity contribution is 6.33. The molecule has 0 saturated carbocycles. The number of fused-ring (bicyclic) bond motifs is 1. The van der Waals surface area contributed by atoms with Crippen LogP contribution in [-0.2, 0) is 12.6 Å². The van der Waals surface area contributed by atoms with Crippen LogP contribution in [0, 0.1) is 10.1 Å². The number of nitro groups is 1. The van der Waals surface area contributed by atoms with Crippen LogP contribution in [0.2, 0.25) is 5.02 Å². The van der Waals surface area contributed by atoms with Gasteiger partial charge in [0.25, 0.3) is 11.4 Å². The molecule has 0 unspecified atom stereocenters. The fourth-order valence-corrected chi connectivity index (χ4v) is 3.55. The van der Waals surface area contributed by atoms with Crippen molar-refractivity contribution in [3.05, 3.63) is 103 Å². The van der Waals surface area contributed by atoms with Gasteiger partial charge in [0.15, 0.2) is 0 Å². The Morgan fingerprint density at radius 1 is 1.05 bits per heavy atom. The molecule has 4 aromatic rings. The van der Waals surface area contributed by atoms with Crippen LogP contribution in [0.4, 0.5) is 18.9 Å². The van der Waals surface area contributed by atoms with E-state index in [1.807, 2.05) is 6.92 Å². The average molecular weight is 534 g/mol. The summed E-state index contributed by atoms with van der Waals surface area (Å²) >= 11 is 5.93. The first kappa shape index (κ1) is 25.7. The third-order valence-electron chi connectivity index (χ3n) is 5.22. The quantitative estimate of drug-likeness (QED) is 0.114. The van der Waals surface area contributed by atoms with E-state index in [-0.39, 0.29) is 27.5 Å². The molecule has 0 aliphatic rings. The van der Waals surface area contributed by atoms with E-state index in [2.05, 4.69) is 0 Å². The number of nitro benzene ring substituents is 1. The van der Waals surface area contributed by atoms with Crippen molar-refractivity contribution >= 4 is 34.2 Å². The minimum atomic E-state index is -5.09. The number of ether oxygens (including phenoxy) is 2. The molecule has 0 radical (unpaired) electrons. The molecule has 1 heterocycles. The second-order valence-electron chi connectivity index (χ2n) is 7.66. The van der Waals surface area contributed by atoms with Crippen molar-refractivity contribution in [1.82, 2.24) is 0 Å². The van der Waals surface area contributed by atoms with Crippen molar-refractivity contribution in [3.63, 3.8) is 0 Å². The predicted molar refractivity (Wildman–Crippen MR) is 126 cm³/mol. The number of alkyl halides is 3. The van der Waals surface area contributed by atoms with Gasteiger partial charge in [0.05, 0.1) is 20.9 Å². The molecule has 12 heteroatoms. The fraction of sp³-hybridized carbons (Fsp3) is 0.120. The molecular weight excluding hydrogens is 519 g/mol. The zero-order chi connectivity index (χ0) is 26.9. The summed E-state index contributed by atoms with van der Waals surface area (Å²) in [6.07, 6.45) is -4.39. The van der Waals surface area contributed by atoms with E-state index in [9.17, 15) is 32.9 Å². The number of hydrogen-bond acceptors (Lipinski definition) is 7. The number of aryl methyl sites for hydroxylation is 1. The number of carbonyl (C=O) groups excluding carboxylic acids is 1. The van der Waals surface area contributed by atoms with Crippen LogP contribution in [0.15, 0.2) is 69.9 Å². The molecule has 8 nitrogen and oxygen atoms in total. The number of nitrogens with zero attached hydrogens (tertiary/aromatic N) is 1. The smallest absolute Gasteiger partial charge is 0.449 e. The maximum Gasteiger partial charge on any atom is 0.453 e. The van der Waals surface area contributed by atoms with E-state index in [4.69, 9.17) is 25.5 Å². The van der Waals surface area contributed by atoms with Gasteiger partial charge in [-0.15, -0.1) is 0 Å². The Kier molecular flexibility index (Phi) is 6.90. The van der Waals surface area contributed by atoms with Crippen LogP contribution in [0.3, 0.4) is 0 Å². The third kappa shape index (κ3) is 5.41. The maximum absolute atomic E-state index is 13.8. The van der Waals surface area contributed by atoms with Gasteiger partial charge in [0.2, 0.25) is 11.2 Å². The molecule has 0 N–H and O–H groups in total. The number of carbonyl (C=O) groups is 1. The molecule has 0 aliphatic heterocycles. The Bertz CT molecular complexity index is 1580. The van der Waals surface area contributed by atoms with Crippen LogP contribution in [-0.4, -0.2) is 10.9 Å². The first-order valence-corrected chi connectivity index (χ1v) is 11.0. The topological polar surface area (TPSA) is 109 Å². The van der Waals surface area contributed by atoms with Crippen LogP contribution in [0.1, 0.15) is 28.6 Å². The molecule has 3 aromatic carbocycles. The second-order valence-corrected chi connectivity index (χ2v) is 8.06. The van der Waals surface area contributed by atoms with Gasteiger partial charge in [0.1, 0.15) is 17.1 Å². The van der Waals surface area contributed by atoms with E-state index in [1.54, 1.807) is 12.1 Å². The summed E-state index contributed by atoms with van der Waals surface area (Å²) in [5.41, 5.74) is -1.46. The monoisotopic (exact) mass is 533 g/mol. The van der Waals surface area contributed by atoms with Crippen molar-refractivity contribution < 1.29 is 36.8 Å². The number of non-ortho nitro benzene ring substituents is 1. The first-order chi connectivity index (χ1) is 17.5. The minimum Gasteiger partial charge on any atom is -0.449 e. The summed E-state index contributed by atoms with van der Waals surface area (Å²) in [4.78, 5) is 35.7. The Hall–Kier alpha value is -4.38. The molecule has 0 spiro atoms. The number of esters is 1. The van der Waals surface area contributed by atoms with Crippen molar-refractivity contribution in [2.75, 3.05) is 0 Å². The van der Waals surface area contributed by atoms with E-state index >= 15 is 0 Å². The maximum atomic E-state index is 13.8. The summed E-state index contributed by atoms with van der Waals surface area (Å²) < 4.78 is 56.8. The lowest BCUT2D eigenvalue weighted by molar-refractivity contribution is -0.384. The van der Waals surface area contributed by atoms with Crippen LogP contribution in [0.5, 0.6) is 17.2 Å². The molecule has 4 rings (SSSR count). The largest absolute Gasteiger partial charge is 0.453 e. The highest BCUT2D eigenvalue weighted by Crippen LogP contribution is 2.39. The van der Waals surface area contributed by atoms with Crippen molar-refractivity contribution in [1.29, 1.82) is 0 Å². The van der Waals surface area contributed by atoms with Gasteiger partial charge in [-0.1, -0.05) is 30.7 Å². The van der Waals surface area contributed by atoms with Crippen LogP contribution in [0.25, 0.3) is 11.0 Å². The Morgan fingerprint density at radius 2 is 1.73 bits per heavy atom. The van der Waals surface area contributed by atoms with Gasteiger partial charge in [-0.05, 0) is 42.3 Å². The zero-order valence-electron chi connectivity index (χ0n) is 18.8. The van der Waals surface area contributed by atoms with E-state index in [0.717, 1.165) is 42.0 Å². The van der Waals surface area contributed by atoms with Gasteiger partial charge in [0, 0.05) is 18.2 Å². The number of hydrogen-bond donors (Lipinski definition) is 0. The van der Waals surface area contributed by atoms with Crippen molar-refractivity contribution in [2.45, 2.75) is 19.5 Å². The van der Waals surface area contributed by atoms with Crippen molar-refractivity contribution in [2.24, 2.45) is 0 Å². The lowest BCUT2D eigenvalue weighted by Gasteiger charge is -2.14. The lowest BCUT2D eigenvalue weighted by atomic mass is 10.1. The average Bonchev–Trinajstić information content (AvgIpc) is 2.85. The third-order valence-corrected chi connectivity index (χ3v) is 5.55. The van der Waals surface area contributed by atoms with Gasteiger partial charge < -0.3 is 13.9 Å². The summed E-state index contributed by atoms with van der Waals surface area (Å²) in [6, 6.07) is 12.4. The molecule has 0 amide bonds. The Labute approximate surface area is 210 Å². The second kappa shape index (κ2) is 9.94. The molecular formula is C25H15ClF3NO7. The summed E-state index contributed by atoms with van der Waals surface area (Å²) in [6.45, 7) is 1.90. The fourth-order valence-electron chi connectivity index (χ4n) is 3.36. The highest BCUT2D eigenvalue weighted by Gasteiger charge is 2.40. The van der Waals surface area contributed by atoms with E-state index in [1.165, 1.54) is 12.1 Å². The first-order valence-electron chi connectivity index (χ1n) is 10.6. The molecule has 0 aliphatic carbocycles. The van der Waals surface area contributed by atoms with E-state index in [0.29, 0.717) is 6.42 Å². The van der Waals surface area contributed by atoms with E-state index < -0.39 is 45.3 Å². The summed E-state index contributed by atoms with van der Waals surface area (Å²) in [5, 5.41) is 10.6.